The second kappa shape index (κ2) is 6.02. The van der Waals surface area contributed by atoms with Crippen LogP contribution in [0.25, 0.3) is 0 Å². The number of ketones is 1. The van der Waals surface area contributed by atoms with E-state index in [-0.39, 0.29) is 18.3 Å². The standard InChI is InChI=1S/C15H17N3O3S/c1-10(20)14-4-11(9-22-14)5-15(21)17-2-3-18-13(7-17)6-12(8-19)16-18/h4,6,9,19H,2-3,5,7-8H2,1H3. The summed E-state index contributed by atoms with van der Waals surface area (Å²) in [6.07, 6.45) is 0.310. The SMILES string of the molecule is CC(=O)c1cc(CC(=O)N2CCn3nc(CO)cc3C2)cs1. The molecule has 116 valence electrons. The van der Waals surface area contributed by atoms with Crippen molar-refractivity contribution < 1.29 is 14.7 Å². The predicted molar refractivity (Wildman–Crippen MR) is 81.6 cm³/mol. The number of amides is 1. The Morgan fingerprint density at radius 2 is 2.18 bits per heavy atom. The van der Waals surface area contributed by atoms with Gasteiger partial charge in [-0.1, -0.05) is 0 Å². The van der Waals surface area contributed by atoms with E-state index in [0.717, 1.165) is 11.3 Å². The Morgan fingerprint density at radius 1 is 1.36 bits per heavy atom. The van der Waals surface area contributed by atoms with Gasteiger partial charge in [0.2, 0.25) is 5.91 Å². The molecule has 0 saturated heterocycles. The molecule has 0 fully saturated rings. The monoisotopic (exact) mass is 319 g/mol. The second-order valence-electron chi connectivity index (χ2n) is 5.38. The lowest BCUT2D eigenvalue weighted by atomic mass is 10.2. The Labute approximate surface area is 132 Å². The van der Waals surface area contributed by atoms with Gasteiger partial charge in [0.25, 0.3) is 0 Å². The molecule has 0 spiro atoms. The van der Waals surface area contributed by atoms with Crippen LogP contribution in [-0.4, -0.2) is 38.0 Å². The van der Waals surface area contributed by atoms with Gasteiger partial charge in [-0.3, -0.25) is 14.3 Å². The minimum absolute atomic E-state index is 0.0297. The first-order chi connectivity index (χ1) is 10.6. The first-order valence-corrected chi connectivity index (χ1v) is 7.97. The Kier molecular flexibility index (Phi) is 4.08. The largest absolute Gasteiger partial charge is 0.390 e. The summed E-state index contributed by atoms with van der Waals surface area (Å²) in [5.41, 5.74) is 2.46. The third kappa shape index (κ3) is 2.95. The molecule has 0 atom stereocenters. The summed E-state index contributed by atoms with van der Waals surface area (Å²) in [5.74, 6) is 0.0769. The van der Waals surface area contributed by atoms with Crippen molar-refractivity contribution in [2.24, 2.45) is 0 Å². The number of rotatable bonds is 4. The van der Waals surface area contributed by atoms with E-state index in [2.05, 4.69) is 5.10 Å². The van der Waals surface area contributed by atoms with Gasteiger partial charge in [0.15, 0.2) is 5.78 Å². The van der Waals surface area contributed by atoms with Gasteiger partial charge in [-0.2, -0.15) is 5.10 Å². The van der Waals surface area contributed by atoms with Crippen molar-refractivity contribution in [2.45, 2.75) is 33.0 Å². The molecule has 1 amide bonds. The van der Waals surface area contributed by atoms with Gasteiger partial charge >= 0.3 is 0 Å². The highest BCUT2D eigenvalue weighted by Gasteiger charge is 2.22. The molecule has 1 N–H and O–H groups in total. The van der Waals surface area contributed by atoms with Crippen LogP contribution >= 0.6 is 11.3 Å². The van der Waals surface area contributed by atoms with Crippen molar-refractivity contribution in [1.82, 2.24) is 14.7 Å². The van der Waals surface area contributed by atoms with E-state index < -0.39 is 0 Å². The summed E-state index contributed by atoms with van der Waals surface area (Å²) in [6.45, 7) is 3.21. The Balaban J connectivity index is 1.66. The highest BCUT2D eigenvalue weighted by atomic mass is 32.1. The summed E-state index contributed by atoms with van der Waals surface area (Å²) < 4.78 is 1.84. The zero-order valence-electron chi connectivity index (χ0n) is 12.3. The van der Waals surface area contributed by atoms with Gasteiger partial charge < -0.3 is 10.0 Å². The van der Waals surface area contributed by atoms with Crippen LogP contribution in [0.2, 0.25) is 0 Å². The van der Waals surface area contributed by atoms with Gasteiger partial charge in [0, 0.05) is 6.54 Å². The van der Waals surface area contributed by atoms with E-state index in [4.69, 9.17) is 5.11 Å². The van der Waals surface area contributed by atoms with Crippen LogP contribution < -0.4 is 0 Å². The predicted octanol–water partition coefficient (Wildman–Crippen LogP) is 1.22. The number of nitrogens with zero attached hydrogens (tertiary/aromatic N) is 3. The lowest BCUT2D eigenvalue weighted by Crippen LogP contribution is -2.39. The zero-order chi connectivity index (χ0) is 15.7. The fourth-order valence-corrected chi connectivity index (χ4v) is 3.37. The van der Waals surface area contributed by atoms with Crippen LogP contribution in [0.4, 0.5) is 0 Å². The Hall–Kier alpha value is -1.99. The molecule has 3 rings (SSSR count). The van der Waals surface area contributed by atoms with Crippen molar-refractivity contribution in [2.75, 3.05) is 6.54 Å². The van der Waals surface area contributed by atoms with Gasteiger partial charge in [0.1, 0.15) is 0 Å². The fourth-order valence-electron chi connectivity index (χ4n) is 2.56. The van der Waals surface area contributed by atoms with Crippen LogP contribution in [0.15, 0.2) is 17.5 Å². The van der Waals surface area contributed by atoms with Gasteiger partial charge in [-0.05, 0) is 30.0 Å². The van der Waals surface area contributed by atoms with Crippen molar-refractivity contribution in [3.63, 3.8) is 0 Å². The van der Waals surface area contributed by atoms with E-state index >= 15 is 0 Å². The summed E-state index contributed by atoms with van der Waals surface area (Å²) in [7, 11) is 0. The third-order valence-corrected chi connectivity index (χ3v) is 4.80. The average Bonchev–Trinajstić information content (AvgIpc) is 3.12. The second-order valence-corrected chi connectivity index (χ2v) is 6.29. The number of aromatic nitrogens is 2. The smallest absolute Gasteiger partial charge is 0.227 e. The maximum Gasteiger partial charge on any atom is 0.227 e. The molecule has 7 heteroatoms. The maximum atomic E-state index is 12.4. The van der Waals surface area contributed by atoms with E-state index in [0.29, 0.717) is 36.6 Å². The molecule has 2 aromatic heterocycles. The van der Waals surface area contributed by atoms with Crippen LogP contribution in [0, 0.1) is 0 Å². The minimum atomic E-state index is -0.0866. The van der Waals surface area contributed by atoms with E-state index in [9.17, 15) is 9.59 Å². The lowest BCUT2D eigenvalue weighted by molar-refractivity contribution is -0.132. The van der Waals surface area contributed by atoms with E-state index in [1.54, 1.807) is 11.0 Å². The summed E-state index contributed by atoms with van der Waals surface area (Å²) >= 11 is 1.38. The molecule has 1 aliphatic rings. The topological polar surface area (TPSA) is 75.4 Å². The van der Waals surface area contributed by atoms with Crippen LogP contribution in [0.3, 0.4) is 0 Å². The highest BCUT2D eigenvalue weighted by Crippen LogP contribution is 2.19. The molecule has 1 aliphatic heterocycles. The summed E-state index contributed by atoms with van der Waals surface area (Å²) in [5, 5.41) is 15.3. The Morgan fingerprint density at radius 3 is 2.86 bits per heavy atom. The van der Waals surface area contributed by atoms with Gasteiger partial charge in [0.05, 0.1) is 42.4 Å². The molecule has 0 aromatic carbocycles. The van der Waals surface area contributed by atoms with Crippen molar-refractivity contribution in [3.05, 3.63) is 39.3 Å². The van der Waals surface area contributed by atoms with Crippen LogP contribution in [0.5, 0.6) is 0 Å². The quantitative estimate of drug-likeness (QED) is 0.860. The molecule has 0 bridgehead atoms. The summed E-state index contributed by atoms with van der Waals surface area (Å²) in [4.78, 5) is 26.2. The number of thiophene rings is 1. The number of hydrogen-bond donors (Lipinski definition) is 1. The van der Waals surface area contributed by atoms with Gasteiger partial charge in [-0.25, -0.2) is 0 Å². The van der Waals surface area contributed by atoms with E-state index in [1.807, 2.05) is 16.1 Å². The number of hydrogen-bond acceptors (Lipinski definition) is 5. The van der Waals surface area contributed by atoms with Crippen molar-refractivity contribution >= 4 is 23.0 Å². The first-order valence-electron chi connectivity index (χ1n) is 7.09. The molecule has 6 nitrogen and oxygen atoms in total. The fraction of sp³-hybridized carbons (Fsp3) is 0.400. The van der Waals surface area contributed by atoms with Crippen molar-refractivity contribution in [3.8, 4) is 0 Å². The molecule has 22 heavy (non-hydrogen) atoms. The number of Topliss-reactive ketones (excluding diaryl/α,β-unsaturated/α-hetero) is 1. The molecular formula is C15H17N3O3S. The molecule has 0 unspecified atom stereocenters. The van der Waals surface area contributed by atoms with E-state index in [1.165, 1.54) is 18.3 Å². The number of fused-ring (bicyclic) bond motifs is 1. The first kappa shape index (κ1) is 14.9. The number of carbonyl (C=O) groups is 2. The highest BCUT2D eigenvalue weighted by molar-refractivity contribution is 7.12. The zero-order valence-corrected chi connectivity index (χ0v) is 13.1. The minimum Gasteiger partial charge on any atom is -0.390 e. The Bertz CT molecular complexity index is 719. The van der Waals surface area contributed by atoms with Crippen molar-refractivity contribution in [1.29, 1.82) is 0 Å². The van der Waals surface area contributed by atoms with Gasteiger partial charge in [-0.15, -0.1) is 11.3 Å². The lowest BCUT2D eigenvalue weighted by Gasteiger charge is -2.27. The molecule has 0 radical (unpaired) electrons. The maximum absolute atomic E-state index is 12.4. The number of aliphatic hydroxyl groups is 1. The normalized spacial score (nSPS) is 14.0. The number of carbonyl (C=O) groups excluding carboxylic acids is 2. The number of aliphatic hydroxyl groups excluding tert-OH is 1. The molecule has 0 aliphatic carbocycles. The van der Waals surface area contributed by atoms with Crippen LogP contribution in [-0.2, 0) is 30.9 Å². The third-order valence-electron chi connectivity index (χ3n) is 3.72. The molecule has 0 saturated carbocycles. The summed E-state index contributed by atoms with van der Waals surface area (Å²) in [6, 6.07) is 3.63. The molecule has 3 heterocycles. The van der Waals surface area contributed by atoms with Crippen LogP contribution in [0.1, 0.15) is 33.5 Å². The molecule has 2 aromatic rings. The average molecular weight is 319 g/mol. The molecular weight excluding hydrogens is 302 g/mol.